The summed E-state index contributed by atoms with van der Waals surface area (Å²) in [4.78, 5) is 37.4. The average molecular weight is 377 g/mol. The van der Waals surface area contributed by atoms with Crippen molar-refractivity contribution in [2.75, 3.05) is 6.61 Å². The number of azide groups is 1. The molecule has 1 saturated heterocycles. The molecule has 2 unspecified atom stereocenters. The Bertz CT molecular complexity index is 758. The number of rotatable bonds is 6. The van der Waals surface area contributed by atoms with Crippen LogP contribution in [0.2, 0.25) is 0 Å². The number of hydrogen-bond donors (Lipinski definition) is 0. The summed E-state index contributed by atoms with van der Waals surface area (Å²) >= 11 is 0. The highest BCUT2D eigenvalue weighted by Crippen LogP contribution is 2.28. The largest absolute Gasteiger partial charge is 0.459 e. The molecule has 0 amide bonds. The summed E-state index contributed by atoms with van der Waals surface area (Å²) in [7, 11) is 0. The predicted octanol–water partition coefficient (Wildman–Crippen LogP) is 2.05. The lowest BCUT2D eigenvalue weighted by Gasteiger charge is -2.19. The standard InChI is InChI=1S/C17H19N3O7/c1-9-4-6-12(7-5-9)16(23)24-8-13-14(19-20-18)15(25-10(2)21)17(27-13)26-11(3)22/h4-7,13-15,17H,8H2,1-3H3/t13-,14?,15-,17?/m1/s1. The maximum absolute atomic E-state index is 12.1. The first-order valence-electron chi connectivity index (χ1n) is 8.09. The van der Waals surface area contributed by atoms with E-state index in [9.17, 15) is 14.4 Å². The normalized spacial score (nSPS) is 23.8. The number of nitrogens with zero attached hydrogens (tertiary/aromatic N) is 3. The van der Waals surface area contributed by atoms with Crippen LogP contribution < -0.4 is 0 Å². The van der Waals surface area contributed by atoms with Crippen LogP contribution in [-0.4, -0.2) is 49.1 Å². The summed E-state index contributed by atoms with van der Waals surface area (Å²) in [5.74, 6) is -1.94. The van der Waals surface area contributed by atoms with Crippen LogP contribution in [0.3, 0.4) is 0 Å². The SMILES string of the molecule is CC(=O)OC1O[C@H](COC(=O)c2ccc(C)cc2)C(N=[N+]=[N-])[C@H]1OC(C)=O. The smallest absolute Gasteiger partial charge is 0.338 e. The van der Waals surface area contributed by atoms with Crippen molar-refractivity contribution in [3.8, 4) is 0 Å². The Morgan fingerprint density at radius 2 is 1.78 bits per heavy atom. The molecule has 10 nitrogen and oxygen atoms in total. The van der Waals surface area contributed by atoms with Gasteiger partial charge in [0.1, 0.15) is 18.8 Å². The number of aryl methyl sites for hydroxylation is 1. The highest BCUT2D eigenvalue weighted by molar-refractivity contribution is 5.89. The van der Waals surface area contributed by atoms with Crippen LogP contribution in [0.4, 0.5) is 0 Å². The second kappa shape index (κ2) is 9.02. The molecule has 0 aromatic heterocycles. The third kappa shape index (κ3) is 5.44. The number of carbonyl (C=O) groups excluding carboxylic acids is 3. The first-order chi connectivity index (χ1) is 12.8. The highest BCUT2D eigenvalue weighted by atomic mass is 16.7. The molecule has 0 spiro atoms. The van der Waals surface area contributed by atoms with Crippen LogP contribution in [0.1, 0.15) is 29.8 Å². The van der Waals surface area contributed by atoms with E-state index < -0.39 is 42.4 Å². The third-order valence-electron chi connectivity index (χ3n) is 3.73. The van der Waals surface area contributed by atoms with Crippen LogP contribution >= 0.6 is 0 Å². The summed E-state index contributed by atoms with van der Waals surface area (Å²) in [6.45, 7) is 3.91. The van der Waals surface area contributed by atoms with Crippen molar-refractivity contribution in [1.82, 2.24) is 0 Å². The van der Waals surface area contributed by atoms with E-state index >= 15 is 0 Å². The molecule has 1 aliphatic heterocycles. The van der Waals surface area contributed by atoms with Crippen LogP contribution in [0.25, 0.3) is 10.4 Å². The number of esters is 3. The van der Waals surface area contributed by atoms with Crippen molar-refractivity contribution >= 4 is 17.9 Å². The minimum absolute atomic E-state index is 0.286. The van der Waals surface area contributed by atoms with Crippen LogP contribution in [0.5, 0.6) is 0 Å². The quantitative estimate of drug-likeness (QED) is 0.243. The van der Waals surface area contributed by atoms with Gasteiger partial charge in [-0.3, -0.25) is 9.59 Å². The minimum Gasteiger partial charge on any atom is -0.459 e. The fraction of sp³-hybridized carbons (Fsp3) is 0.471. The predicted molar refractivity (Wildman–Crippen MR) is 90.4 cm³/mol. The molecule has 1 fully saturated rings. The molecular weight excluding hydrogens is 358 g/mol. The van der Waals surface area contributed by atoms with Gasteiger partial charge in [0.2, 0.25) is 6.29 Å². The van der Waals surface area contributed by atoms with E-state index in [0.29, 0.717) is 5.56 Å². The van der Waals surface area contributed by atoms with E-state index in [1.807, 2.05) is 6.92 Å². The van der Waals surface area contributed by atoms with Gasteiger partial charge < -0.3 is 18.9 Å². The van der Waals surface area contributed by atoms with Gasteiger partial charge in [-0.05, 0) is 24.6 Å². The molecule has 2 rings (SSSR count). The summed E-state index contributed by atoms with van der Waals surface area (Å²) in [6.07, 6.45) is -3.38. The lowest BCUT2D eigenvalue weighted by atomic mass is 10.1. The van der Waals surface area contributed by atoms with Gasteiger partial charge in [-0.25, -0.2) is 4.79 Å². The number of hydrogen-bond acceptors (Lipinski definition) is 8. The van der Waals surface area contributed by atoms with E-state index in [-0.39, 0.29) is 6.61 Å². The Hall–Kier alpha value is -3.10. The highest BCUT2D eigenvalue weighted by Gasteiger charge is 2.49. The molecule has 0 radical (unpaired) electrons. The van der Waals surface area contributed by atoms with E-state index in [4.69, 9.17) is 24.5 Å². The minimum atomic E-state index is -1.27. The van der Waals surface area contributed by atoms with Gasteiger partial charge >= 0.3 is 17.9 Å². The molecule has 0 aliphatic carbocycles. The third-order valence-corrected chi connectivity index (χ3v) is 3.73. The lowest BCUT2D eigenvalue weighted by Crippen LogP contribution is -2.38. The van der Waals surface area contributed by atoms with Gasteiger partial charge in [-0.15, -0.1) is 0 Å². The maximum Gasteiger partial charge on any atom is 0.338 e. The van der Waals surface area contributed by atoms with Crippen LogP contribution in [-0.2, 0) is 28.5 Å². The van der Waals surface area contributed by atoms with Gasteiger partial charge in [0.05, 0.1) is 5.56 Å². The van der Waals surface area contributed by atoms with Crippen molar-refractivity contribution in [1.29, 1.82) is 0 Å². The molecule has 1 aromatic carbocycles. The van der Waals surface area contributed by atoms with Crippen LogP contribution in [0, 0.1) is 6.92 Å². The molecule has 0 N–H and O–H groups in total. The zero-order chi connectivity index (χ0) is 20.0. The van der Waals surface area contributed by atoms with E-state index in [0.717, 1.165) is 19.4 Å². The fourth-order valence-electron chi connectivity index (χ4n) is 2.55. The number of benzene rings is 1. The molecule has 27 heavy (non-hydrogen) atoms. The van der Waals surface area contributed by atoms with E-state index in [1.165, 1.54) is 0 Å². The monoisotopic (exact) mass is 377 g/mol. The fourth-order valence-corrected chi connectivity index (χ4v) is 2.55. The van der Waals surface area contributed by atoms with Crippen LogP contribution in [0.15, 0.2) is 29.4 Å². The summed E-state index contributed by atoms with van der Waals surface area (Å²) in [5, 5.41) is 3.56. The van der Waals surface area contributed by atoms with E-state index in [2.05, 4.69) is 10.0 Å². The summed E-state index contributed by atoms with van der Waals surface area (Å²) in [6, 6.07) is 5.72. The van der Waals surface area contributed by atoms with Gasteiger partial charge in [-0.1, -0.05) is 22.8 Å². The van der Waals surface area contributed by atoms with Gasteiger partial charge in [0, 0.05) is 18.8 Å². The van der Waals surface area contributed by atoms with Crippen molar-refractivity contribution in [3.05, 3.63) is 45.8 Å². The zero-order valence-electron chi connectivity index (χ0n) is 15.0. The molecule has 0 bridgehead atoms. The van der Waals surface area contributed by atoms with Crippen molar-refractivity contribution in [3.63, 3.8) is 0 Å². The topological polar surface area (TPSA) is 137 Å². The number of carbonyl (C=O) groups is 3. The Labute approximate surface area is 155 Å². The Kier molecular flexibility index (Phi) is 6.75. The molecular formula is C17H19N3O7. The molecule has 1 heterocycles. The summed E-state index contributed by atoms with van der Waals surface area (Å²) < 4.78 is 20.8. The molecule has 144 valence electrons. The Balaban J connectivity index is 2.11. The first-order valence-corrected chi connectivity index (χ1v) is 8.09. The average Bonchev–Trinajstić information content (AvgIpc) is 2.89. The molecule has 10 heteroatoms. The van der Waals surface area contributed by atoms with Crippen molar-refractivity contribution < 1.29 is 33.3 Å². The van der Waals surface area contributed by atoms with Crippen molar-refractivity contribution in [2.45, 2.75) is 45.3 Å². The van der Waals surface area contributed by atoms with Gasteiger partial charge in [-0.2, -0.15) is 0 Å². The lowest BCUT2D eigenvalue weighted by molar-refractivity contribution is -0.195. The van der Waals surface area contributed by atoms with Gasteiger partial charge in [0.25, 0.3) is 0 Å². The summed E-state index contributed by atoms with van der Waals surface area (Å²) in [5.41, 5.74) is 10.1. The molecule has 4 atom stereocenters. The second-order valence-corrected chi connectivity index (χ2v) is 5.89. The molecule has 1 aromatic rings. The second-order valence-electron chi connectivity index (χ2n) is 5.89. The van der Waals surface area contributed by atoms with E-state index in [1.54, 1.807) is 24.3 Å². The van der Waals surface area contributed by atoms with Crippen molar-refractivity contribution in [2.24, 2.45) is 5.11 Å². The molecule has 1 aliphatic rings. The first kappa shape index (κ1) is 20.2. The zero-order valence-corrected chi connectivity index (χ0v) is 15.0. The number of ether oxygens (including phenoxy) is 4. The molecule has 0 saturated carbocycles. The Morgan fingerprint density at radius 3 is 2.33 bits per heavy atom. The maximum atomic E-state index is 12.1. The van der Waals surface area contributed by atoms with Gasteiger partial charge in [0.15, 0.2) is 6.10 Å². The Morgan fingerprint density at radius 1 is 1.15 bits per heavy atom.